The summed E-state index contributed by atoms with van der Waals surface area (Å²) in [7, 11) is 0. The Morgan fingerprint density at radius 1 is 1.30 bits per heavy atom. The lowest BCUT2D eigenvalue weighted by atomic mass is 9.64. The number of carbonyl (C=O) groups excluding carboxylic acids is 2. The van der Waals surface area contributed by atoms with Crippen LogP contribution in [0.15, 0.2) is 33.8 Å². The first-order chi connectivity index (χ1) is 12.8. The summed E-state index contributed by atoms with van der Waals surface area (Å²) in [5, 5.41) is 1.98. The Labute approximate surface area is 164 Å². The summed E-state index contributed by atoms with van der Waals surface area (Å²) in [6, 6.07) is 3.95. The number of allylic oxidation sites excluding steroid dienone is 1. The van der Waals surface area contributed by atoms with E-state index in [-0.39, 0.29) is 29.6 Å². The summed E-state index contributed by atoms with van der Waals surface area (Å²) < 4.78 is 10.7. The van der Waals surface area contributed by atoms with Crippen LogP contribution in [0, 0.1) is 11.3 Å². The van der Waals surface area contributed by atoms with E-state index >= 15 is 0 Å². The molecular formula is C21H27NO4S. The molecule has 6 heteroatoms. The molecule has 2 heterocycles. The Hall–Kier alpha value is -1.79. The summed E-state index contributed by atoms with van der Waals surface area (Å²) >= 11 is 1.57. The van der Waals surface area contributed by atoms with E-state index in [4.69, 9.17) is 14.5 Å². The minimum Gasteiger partial charge on any atom is -0.460 e. The average molecular weight is 390 g/mol. The normalized spacial score (nSPS) is 24.4. The van der Waals surface area contributed by atoms with E-state index in [9.17, 15) is 9.59 Å². The van der Waals surface area contributed by atoms with E-state index in [2.05, 4.69) is 13.8 Å². The van der Waals surface area contributed by atoms with Crippen LogP contribution in [0.1, 0.15) is 51.3 Å². The van der Waals surface area contributed by atoms with Crippen LogP contribution in [0.4, 0.5) is 0 Å². The number of rotatable bonds is 6. The zero-order valence-corrected chi connectivity index (χ0v) is 17.2. The first-order valence-corrected chi connectivity index (χ1v) is 10.3. The highest BCUT2D eigenvalue weighted by Crippen LogP contribution is 2.47. The molecule has 1 saturated carbocycles. The molecule has 0 unspecified atom stereocenters. The Kier molecular flexibility index (Phi) is 5.96. The number of ether oxygens (including phenoxy) is 2. The standard InChI is InChI=1S/C21H27NO4S/c1-5-25-8-9-26-20(24)17-13(2)22-14-11-21(3,4)12-15(23)18(14)19(17)16-7-6-10-27-16/h6-7,10,18-19H,5,8-9,11-12H2,1-4H3/t18-,19-/m0/s1. The molecule has 0 amide bonds. The van der Waals surface area contributed by atoms with Crippen molar-refractivity contribution in [2.45, 2.75) is 46.5 Å². The lowest BCUT2D eigenvalue weighted by Gasteiger charge is -2.40. The van der Waals surface area contributed by atoms with Gasteiger partial charge in [-0.1, -0.05) is 19.9 Å². The van der Waals surface area contributed by atoms with Crippen LogP contribution in [0.5, 0.6) is 0 Å². The number of nitrogens with zero attached hydrogens (tertiary/aromatic N) is 1. The van der Waals surface area contributed by atoms with Gasteiger partial charge in [0.25, 0.3) is 0 Å². The van der Waals surface area contributed by atoms with E-state index < -0.39 is 5.97 Å². The summed E-state index contributed by atoms with van der Waals surface area (Å²) in [5.41, 5.74) is 1.97. The number of esters is 1. The van der Waals surface area contributed by atoms with Gasteiger partial charge in [-0.15, -0.1) is 11.3 Å². The zero-order valence-electron chi connectivity index (χ0n) is 16.4. The molecule has 2 atom stereocenters. The van der Waals surface area contributed by atoms with Gasteiger partial charge in [-0.3, -0.25) is 9.79 Å². The molecular weight excluding hydrogens is 362 g/mol. The van der Waals surface area contributed by atoms with Gasteiger partial charge in [0.05, 0.1) is 18.1 Å². The van der Waals surface area contributed by atoms with Gasteiger partial charge < -0.3 is 9.47 Å². The molecule has 0 N–H and O–H groups in total. The third kappa shape index (κ3) is 4.22. The molecule has 0 aromatic carbocycles. The van der Waals surface area contributed by atoms with Crippen LogP contribution in [0.3, 0.4) is 0 Å². The molecule has 3 rings (SSSR count). The summed E-state index contributed by atoms with van der Waals surface area (Å²) in [4.78, 5) is 31.6. The average Bonchev–Trinajstić information content (AvgIpc) is 3.10. The lowest BCUT2D eigenvalue weighted by molar-refractivity contribution is -0.141. The third-order valence-electron chi connectivity index (χ3n) is 5.10. The number of aliphatic imine (C=N–C) groups is 1. The largest absolute Gasteiger partial charge is 0.460 e. The van der Waals surface area contributed by atoms with Crippen molar-refractivity contribution < 1.29 is 19.1 Å². The number of thiophene rings is 1. The van der Waals surface area contributed by atoms with Gasteiger partial charge in [0.2, 0.25) is 0 Å². The number of carbonyl (C=O) groups is 2. The van der Waals surface area contributed by atoms with Crippen LogP contribution in [-0.2, 0) is 19.1 Å². The fourth-order valence-corrected chi connectivity index (χ4v) is 4.92. The van der Waals surface area contributed by atoms with Crippen LogP contribution in [0.25, 0.3) is 0 Å². The van der Waals surface area contributed by atoms with Crippen molar-refractivity contribution in [3.63, 3.8) is 0 Å². The molecule has 5 nitrogen and oxygen atoms in total. The first kappa shape index (κ1) is 20.0. The van der Waals surface area contributed by atoms with Gasteiger partial charge in [0.15, 0.2) is 0 Å². The Balaban J connectivity index is 1.97. The lowest BCUT2D eigenvalue weighted by Crippen LogP contribution is -2.43. The Morgan fingerprint density at radius 2 is 2.07 bits per heavy atom. The highest BCUT2D eigenvalue weighted by Gasteiger charge is 2.48. The van der Waals surface area contributed by atoms with Crippen molar-refractivity contribution in [1.82, 2.24) is 0 Å². The van der Waals surface area contributed by atoms with E-state index in [1.54, 1.807) is 11.3 Å². The second-order valence-corrected chi connectivity index (χ2v) is 8.87. The van der Waals surface area contributed by atoms with Crippen molar-refractivity contribution in [2.24, 2.45) is 16.3 Å². The molecule has 1 aromatic heterocycles. The highest BCUT2D eigenvalue weighted by molar-refractivity contribution is 7.10. The van der Waals surface area contributed by atoms with Crippen LogP contribution < -0.4 is 0 Å². The topological polar surface area (TPSA) is 65.0 Å². The molecule has 1 aromatic rings. The zero-order chi connectivity index (χ0) is 19.6. The van der Waals surface area contributed by atoms with E-state index in [1.807, 2.05) is 31.4 Å². The van der Waals surface area contributed by atoms with Gasteiger partial charge in [0.1, 0.15) is 12.4 Å². The Morgan fingerprint density at radius 3 is 2.74 bits per heavy atom. The highest BCUT2D eigenvalue weighted by atomic mass is 32.1. The van der Waals surface area contributed by atoms with Gasteiger partial charge in [-0.05, 0) is 37.1 Å². The number of fused-ring (bicyclic) bond motifs is 1. The molecule has 1 aliphatic heterocycles. The van der Waals surface area contributed by atoms with Crippen molar-refractivity contribution in [3.05, 3.63) is 33.7 Å². The summed E-state index contributed by atoms with van der Waals surface area (Å²) in [5.74, 6) is -0.905. The van der Waals surface area contributed by atoms with E-state index in [0.717, 1.165) is 17.0 Å². The van der Waals surface area contributed by atoms with Gasteiger partial charge in [0, 0.05) is 35.2 Å². The molecule has 1 aliphatic carbocycles. The quantitative estimate of drug-likeness (QED) is 0.542. The number of Topliss-reactive ketones (excluding diaryl/α,β-unsaturated/α-hetero) is 1. The van der Waals surface area contributed by atoms with Crippen molar-refractivity contribution in [2.75, 3.05) is 19.8 Å². The molecule has 1 fully saturated rings. The number of hydrogen-bond acceptors (Lipinski definition) is 6. The monoisotopic (exact) mass is 389 g/mol. The predicted octanol–water partition coefficient (Wildman–Crippen LogP) is 4.15. The number of ketones is 1. The fourth-order valence-electron chi connectivity index (χ4n) is 4.05. The van der Waals surface area contributed by atoms with Crippen molar-refractivity contribution in [3.8, 4) is 0 Å². The summed E-state index contributed by atoms with van der Waals surface area (Å²) in [6.07, 6.45) is 1.28. The molecule has 2 aliphatic rings. The van der Waals surface area contributed by atoms with Crippen molar-refractivity contribution >= 4 is 28.8 Å². The van der Waals surface area contributed by atoms with Crippen LogP contribution >= 0.6 is 11.3 Å². The SMILES string of the molecule is CCOCCOC(=O)C1=C(C)N=C2CC(C)(C)CC(=O)[C@H]2[C@H]1c1cccs1. The predicted molar refractivity (Wildman–Crippen MR) is 106 cm³/mol. The minimum absolute atomic E-state index is 0.0950. The second-order valence-electron chi connectivity index (χ2n) is 7.89. The second kappa shape index (κ2) is 8.07. The molecule has 27 heavy (non-hydrogen) atoms. The number of hydrogen-bond donors (Lipinski definition) is 0. The summed E-state index contributed by atoms with van der Waals surface area (Å²) in [6.45, 7) is 9.08. The van der Waals surface area contributed by atoms with Crippen LogP contribution in [-0.4, -0.2) is 37.3 Å². The maximum absolute atomic E-state index is 13.1. The van der Waals surface area contributed by atoms with Gasteiger partial charge in [-0.2, -0.15) is 0 Å². The molecule has 0 saturated heterocycles. The molecule has 0 bridgehead atoms. The first-order valence-electron chi connectivity index (χ1n) is 9.43. The van der Waals surface area contributed by atoms with E-state index in [0.29, 0.717) is 30.9 Å². The fraction of sp³-hybridized carbons (Fsp3) is 0.571. The molecule has 146 valence electrons. The maximum atomic E-state index is 13.1. The van der Waals surface area contributed by atoms with Crippen LogP contribution in [0.2, 0.25) is 0 Å². The Bertz CT molecular complexity index is 776. The maximum Gasteiger partial charge on any atom is 0.336 e. The molecule has 0 spiro atoms. The van der Waals surface area contributed by atoms with Gasteiger partial charge >= 0.3 is 5.97 Å². The smallest absolute Gasteiger partial charge is 0.336 e. The van der Waals surface area contributed by atoms with Crippen molar-refractivity contribution in [1.29, 1.82) is 0 Å². The minimum atomic E-state index is -0.397. The van der Waals surface area contributed by atoms with E-state index in [1.165, 1.54) is 0 Å². The third-order valence-corrected chi connectivity index (χ3v) is 6.05. The molecule has 0 radical (unpaired) electrons. The van der Waals surface area contributed by atoms with Gasteiger partial charge in [-0.25, -0.2) is 4.79 Å².